The maximum Gasteiger partial charge on any atom is 0.315 e. The molecule has 0 atom stereocenters. The lowest BCUT2D eigenvalue weighted by Crippen LogP contribution is -2.38. The van der Waals surface area contributed by atoms with Gasteiger partial charge in [-0.05, 0) is 74.2 Å². The molecule has 6 nitrogen and oxygen atoms in total. The summed E-state index contributed by atoms with van der Waals surface area (Å²) in [5, 5.41) is 10.6. The lowest BCUT2D eigenvalue weighted by Gasteiger charge is -2.25. The van der Waals surface area contributed by atoms with Crippen molar-refractivity contribution in [1.82, 2.24) is 9.80 Å². The van der Waals surface area contributed by atoms with Gasteiger partial charge >= 0.3 is 12.0 Å². The Bertz CT molecular complexity index is 910. The monoisotopic (exact) mass is 513 g/mol. The molecule has 0 unspecified atom stereocenters. The van der Waals surface area contributed by atoms with Crippen molar-refractivity contribution in [3.05, 3.63) is 68.7 Å². The van der Waals surface area contributed by atoms with E-state index in [1.165, 1.54) is 5.56 Å². The van der Waals surface area contributed by atoms with E-state index in [1.807, 2.05) is 24.3 Å². The van der Waals surface area contributed by atoms with Crippen LogP contribution in [0.5, 0.6) is 0 Å². The highest BCUT2D eigenvalue weighted by Crippen LogP contribution is 2.22. The van der Waals surface area contributed by atoms with Gasteiger partial charge in [0.2, 0.25) is 0 Å². The quantitative estimate of drug-likeness (QED) is 0.316. The number of hydrogen-bond acceptors (Lipinski definition) is 3. The van der Waals surface area contributed by atoms with Gasteiger partial charge in [-0.25, -0.2) is 4.79 Å². The van der Waals surface area contributed by atoms with Crippen molar-refractivity contribution in [3.63, 3.8) is 0 Å². The van der Waals surface area contributed by atoms with Crippen molar-refractivity contribution in [2.75, 3.05) is 26.2 Å². The molecule has 2 rings (SSSR count). The van der Waals surface area contributed by atoms with Crippen molar-refractivity contribution >= 4 is 46.8 Å². The molecule has 2 amide bonds. The van der Waals surface area contributed by atoms with Crippen LogP contribution in [0.2, 0.25) is 15.1 Å². The largest absolute Gasteiger partial charge is 0.481 e. The van der Waals surface area contributed by atoms with Crippen LogP contribution < -0.4 is 5.73 Å². The Morgan fingerprint density at radius 2 is 1.52 bits per heavy atom. The number of carbonyl (C=O) groups is 2. The van der Waals surface area contributed by atoms with E-state index in [9.17, 15) is 9.59 Å². The molecule has 0 spiro atoms. The molecule has 9 heteroatoms. The molecule has 0 heterocycles. The molecule has 180 valence electrons. The third-order valence-corrected chi connectivity index (χ3v) is 6.17. The third-order valence-electron chi connectivity index (χ3n) is 5.34. The van der Waals surface area contributed by atoms with Gasteiger partial charge in [0, 0.05) is 41.1 Å². The molecule has 0 radical (unpaired) electrons. The van der Waals surface area contributed by atoms with Crippen LogP contribution in [-0.4, -0.2) is 53.1 Å². The van der Waals surface area contributed by atoms with E-state index in [4.69, 9.17) is 45.6 Å². The summed E-state index contributed by atoms with van der Waals surface area (Å²) in [5.41, 5.74) is 7.56. The second-order valence-corrected chi connectivity index (χ2v) is 9.20. The van der Waals surface area contributed by atoms with Crippen LogP contribution in [0.25, 0.3) is 0 Å². The van der Waals surface area contributed by atoms with E-state index >= 15 is 0 Å². The Balaban J connectivity index is 1.90. The van der Waals surface area contributed by atoms with E-state index < -0.39 is 12.0 Å². The number of aliphatic carboxylic acids is 1. The molecule has 0 aliphatic heterocycles. The first-order chi connectivity index (χ1) is 15.7. The number of carbonyl (C=O) groups excluding carboxylic acids is 1. The minimum Gasteiger partial charge on any atom is -0.481 e. The number of carboxylic acids is 1. The summed E-state index contributed by atoms with van der Waals surface area (Å²) in [7, 11) is 0. The van der Waals surface area contributed by atoms with Gasteiger partial charge in [0.1, 0.15) is 0 Å². The molecule has 33 heavy (non-hydrogen) atoms. The van der Waals surface area contributed by atoms with Crippen LogP contribution in [-0.2, 0) is 17.8 Å². The fraction of sp³-hybridized carbons (Fsp3) is 0.417. The number of halogens is 3. The summed E-state index contributed by atoms with van der Waals surface area (Å²) >= 11 is 18.2. The second kappa shape index (κ2) is 14.3. The zero-order valence-corrected chi connectivity index (χ0v) is 20.7. The highest BCUT2D eigenvalue weighted by atomic mass is 35.5. The molecule has 0 bridgehead atoms. The van der Waals surface area contributed by atoms with Crippen molar-refractivity contribution in [3.8, 4) is 0 Å². The third kappa shape index (κ3) is 10.7. The van der Waals surface area contributed by atoms with Crippen LogP contribution >= 0.6 is 34.8 Å². The number of unbranched alkanes of at least 4 members (excludes halogenated alkanes) is 1. The van der Waals surface area contributed by atoms with Crippen molar-refractivity contribution in [2.45, 2.75) is 38.6 Å². The number of primary amides is 1. The van der Waals surface area contributed by atoms with E-state index in [0.717, 1.165) is 44.5 Å². The van der Waals surface area contributed by atoms with E-state index in [-0.39, 0.29) is 6.42 Å². The Hall–Kier alpha value is -1.99. The molecule has 2 aromatic rings. The van der Waals surface area contributed by atoms with Crippen molar-refractivity contribution in [2.24, 2.45) is 5.73 Å². The van der Waals surface area contributed by atoms with Crippen LogP contribution in [0.15, 0.2) is 42.5 Å². The maximum absolute atomic E-state index is 12.0. The SMILES string of the molecule is NC(=O)N(CCCN(CCCCC(=O)O)CCc1ccc(Cl)cc1)Cc1ccc(Cl)cc1Cl. The zero-order valence-electron chi connectivity index (χ0n) is 18.5. The summed E-state index contributed by atoms with van der Waals surface area (Å²) in [6.45, 7) is 3.18. The van der Waals surface area contributed by atoms with Gasteiger partial charge in [-0.2, -0.15) is 0 Å². The highest BCUT2D eigenvalue weighted by molar-refractivity contribution is 6.35. The molecule has 0 saturated carbocycles. The number of rotatable bonds is 14. The fourth-order valence-corrected chi connectivity index (χ4v) is 4.09. The number of benzene rings is 2. The van der Waals surface area contributed by atoms with E-state index in [2.05, 4.69) is 4.90 Å². The average Bonchev–Trinajstić information content (AvgIpc) is 2.76. The number of nitrogens with two attached hydrogens (primary N) is 1. The number of hydrogen-bond donors (Lipinski definition) is 2. The first-order valence-corrected chi connectivity index (χ1v) is 12.0. The highest BCUT2D eigenvalue weighted by Gasteiger charge is 2.14. The molecule has 0 aliphatic carbocycles. The minimum absolute atomic E-state index is 0.169. The lowest BCUT2D eigenvalue weighted by molar-refractivity contribution is -0.137. The first kappa shape index (κ1) is 27.3. The first-order valence-electron chi connectivity index (χ1n) is 10.9. The van der Waals surface area contributed by atoms with Gasteiger partial charge in [-0.3, -0.25) is 4.79 Å². The summed E-state index contributed by atoms with van der Waals surface area (Å²) in [5.74, 6) is -0.777. The Kier molecular flexibility index (Phi) is 11.8. The van der Waals surface area contributed by atoms with Gasteiger partial charge in [-0.15, -0.1) is 0 Å². The molecule has 2 aromatic carbocycles. The lowest BCUT2D eigenvalue weighted by atomic mass is 10.1. The van der Waals surface area contributed by atoms with Crippen molar-refractivity contribution < 1.29 is 14.7 Å². The van der Waals surface area contributed by atoms with Gasteiger partial charge in [0.25, 0.3) is 0 Å². The zero-order chi connectivity index (χ0) is 24.2. The van der Waals surface area contributed by atoms with Crippen molar-refractivity contribution in [1.29, 1.82) is 0 Å². The Morgan fingerprint density at radius 1 is 0.848 bits per heavy atom. The Morgan fingerprint density at radius 3 is 2.15 bits per heavy atom. The molecule has 0 aromatic heterocycles. The van der Waals surface area contributed by atoms with E-state index in [0.29, 0.717) is 34.6 Å². The van der Waals surface area contributed by atoms with Gasteiger partial charge in [-0.1, -0.05) is 53.0 Å². The minimum atomic E-state index is -0.777. The maximum atomic E-state index is 12.0. The molecule has 3 N–H and O–H groups in total. The van der Waals surface area contributed by atoms with Crippen LogP contribution in [0.4, 0.5) is 4.79 Å². The smallest absolute Gasteiger partial charge is 0.315 e. The summed E-state index contributed by atoms with van der Waals surface area (Å²) in [4.78, 5) is 26.6. The predicted octanol–water partition coefficient (Wildman–Crippen LogP) is 5.72. The molecule has 0 saturated heterocycles. The number of nitrogens with zero attached hydrogens (tertiary/aromatic N) is 2. The number of amides is 2. The summed E-state index contributed by atoms with van der Waals surface area (Å²) in [6.07, 6.45) is 3.19. The molecular formula is C24H30Cl3N3O3. The van der Waals surface area contributed by atoms with Crippen LogP contribution in [0.1, 0.15) is 36.8 Å². The number of carboxylic acid groups (broad SMARTS) is 1. The summed E-state index contributed by atoms with van der Waals surface area (Å²) < 4.78 is 0. The fourth-order valence-electron chi connectivity index (χ4n) is 3.49. The summed E-state index contributed by atoms with van der Waals surface area (Å²) in [6, 6.07) is 12.4. The van der Waals surface area contributed by atoms with Gasteiger partial charge in [0.05, 0.1) is 0 Å². The average molecular weight is 515 g/mol. The Labute approximate surface area is 210 Å². The molecular weight excluding hydrogens is 485 g/mol. The van der Waals surface area contributed by atoms with Crippen LogP contribution in [0.3, 0.4) is 0 Å². The second-order valence-electron chi connectivity index (χ2n) is 7.92. The predicted molar refractivity (Wildman–Crippen MR) is 134 cm³/mol. The topological polar surface area (TPSA) is 86.9 Å². The van der Waals surface area contributed by atoms with Crippen LogP contribution in [0, 0.1) is 0 Å². The van der Waals surface area contributed by atoms with E-state index in [1.54, 1.807) is 23.1 Å². The number of urea groups is 1. The molecule has 0 aliphatic rings. The van der Waals surface area contributed by atoms with Gasteiger partial charge < -0.3 is 20.6 Å². The van der Waals surface area contributed by atoms with Gasteiger partial charge in [0.15, 0.2) is 0 Å². The normalized spacial score (nSPS) is 11.0. The standard InChI is InChI=1S/C24H30Cl3N3O3/c25-20-8-5-18(6-9-20)11-15-29(12-2-1-4-23(31)32)13-3-14-30(24(28)33)17-19-7-10-21(26)16-22(19)27/h5-10,16H,1-4,11-15,17H2,(H2,28,33)(H,31,32). The molecule has 0 fully saturated rings.